The lowest BCUT2D eigenvalue weighted by Crippen LogP contribution is -2.09. The molecule has 2 aliphatic rings. The van der Waals surface area contributed by atoms with Gasteiger partial charge in [-0.2, -0.15) is 0 Å². The monoisotopic (exact) mass is 563 g/mol. The summed E-state index contributed by atoms with van der Waals surface area (Å²) in [7, 11) is 0. The summed E-state index contributed by atoms with van der Waals surface area (Å²) in [6, 6.07) is 25.4. The van der Waals surface area contributed by atoms with Gasteiger partial charge in [0.15, 0.2) is 5.75 Å². The molecule has 0 aliphatic carbocycles. The van der Waals surface area contributed by atoms with Gasteiger partial charge in [-0.3, -0.25) is 0 Å². The van der Waals surface area contributed by atoms with E-state index in [0.29, 0.717) is 47.5 Å². The van der Waals surface area contributed by atoms with Crippen LogP contribution in [0.4, 0.5) is 0 Å². The highest BCUT2D eigenvalue weighted by Crippen LogP contribution is 2.35. The van der Waals surface area contributed by atoms with E-state index in [1.54, 1.807) is 42.6 Å². The molecule has 4 aromatic carbocycles. The van der Waals surface area contributed by atoms with Crippen LogP contribution in [-0.4, -0.2) is 55.6 Å². The number of esters is 2. The maximum Gasteiger partial charge on any atom is 0.338 e. The number of carbonyl (C=O) groups excluding carboxylic acids is 2. The zero-order chi connectivity index (χ0) is 28.5. The second-order valence-corrected chi connectivity index (χ2v) is 10.1. The zero-order valence-corrected chi connectivity index (χ0v) is 22.4. The minimum absolute atomic E-state index is 0.0223. The maximum absolute atomic E-state index is 12.3. The van der Waals surface area contributed by atoms with Gasteiger partial charge < -0.3 is 28.4 Å². The van der Waals surface area contributed by atoms with Crippen molar-refractivity contribution in [1.29, 1.82) is 0 Å². The second kappa shape index (κ2) is 11.1. The Morgan fingerprint density at radius 3 is 1.71 bits per heavy atom. The zero-order valence-electron chi connectivity index (χ0n) is 22.4. The molecule has 2 saturated heterocycles. The van der Waals surface area contributed by atoms with Crippen molar-refractivity contribution in [2.75, 3.05) is 26.4 Å². The summed E-state index contributed by atoms with van der Waals surface area (Å²) < 4.78 is 33.0. The van der Waals surface area contributed by atoms with E-state index in [1.807, 2.05) is 48.5 Å². The summed E-state index contributed by atoms with van der Waals surface area (Å²) in [6.07, 6.45) is 1.67. The average molecular weight is 564 g/mol. The molecule has 2 atom stereocenters. The lowest BCUT2D eigenvalue weighted by Gasteiger charge is -2.12. The van der Waals surface area contributed by atoms with Crippen molar-refractivity contribution in [3.63, 3.8) is 0 Å². The summed E-state index contributed by atoms with van der Waals surface area (Å²) in [5, 5.41) is 3.55. The van der Waals surface area contributed by atoms with Gasteiger partial charge in [0.25, 0.3) is 5.88 Å². The van der Waals surface area contributed by atoms with Gasteiger partial charge in [-0.05, 0) is 82.2 Å². The van der Waals surface area contributed by atoms with E-state index >= 15 is 0 Å². The molecule has 1 aromatic heterocycles. The van der Waals surface area contributed by atoms with Gasteiger partial charge in [0, 0.05) is 6.20 Å². The van der Waals surface area contributed by atoms with E-state index in [1.165, 1.54) is 0 Å². The molecule has 2 unspecified atom stereocenters. The fraction of sp³-hybridized carbons (Fsp3) is 0.182. The van der Waals surface area contributed by atoms with Crippen LogP contribution in [0.1, 0.15) is 20.7 Å². The lowest BCUT2D eigenvalue weighted by atomic mass is 10.1. The first-order valence-electron chi connectivity index (χ1n) is 13.5. The van der Waals surface area contributed by atoms with E-state index in [0.717, 1.165) is 21.5 Å². The smallest absolute Gasteiger partial charge is 0.338 e. The Bertz CT molecular complexity index is 1680. The minimum atomic E-state index is -0.376. The predicted octanol–water partition coefficient (Wildman–Crippen LogP) is 6.08. The molecule has 0 amide bonds. The van der Waals surface area contributed by atoms with Crippen molar-refractivity contribution in [3.05, 3.63) is 102 Å². The highest BCUT2D eigenvalue weighted by molar-refractivity contribution is 5.96. The van der Waals surface area contributed by atoms with Gasteiger partial charge in [0.2, 0.25) is 0 Å². The largest absolute Gasteiger partial charge is 0.459 e. The fourth-order valence-corrected chi connectivity index (χ4v) is 4.43. The van der Waals surface area contributed by atoms with Gasteiger partial charge in [-0.1, -0.05) is 24.3 Å². The number of benzene rings is 4. The Kier molecular flexibility index (Phi) is 6.87. The molecule has 2 aliphatic heterocycles. The van der Waals surface area contributed by atoms with Crippen LogP contribution >= 0.6 is 0 Å². The molecule has 0 spiro atoms. The van der Waals surface area contributed by atoms with Crippen molar-refractivity contribution in [2.45, 2.75) is 12.2 Å². The molecule has 42 heavy (non-hydrogen) atoms. The van der Waals surface area contributed by atoms with Gasteiger partial charge >= 0.3 is 11.9 Å². The van der Waals surface area contributed by atoms with Gasteiger partial charge in [0.05, 0.1) is 24.3 Å². The molecule has 0 N–H and O–H groups in total. The second-order valence-electron chi connectivity index (χ2n) is 10.1. The summed E-state index contributed by atoms with van der Waals surface area (Å²) in [4.78, 5) is 29.0. The summed E-state index contributed by atoms with van der Waals surface area (Å²) in [6.45, 7) is 1.81. The highest BCUT2D eigenvalue weighted by Gasteiger charge is 2.25. The minimum Gasteiger partial charge on any atom is -0.459 e. The third-order valence-electron chi connectivity index (χ3n) is 6.88. The molecule has 9 nitrogen and oxygen atoms in total. The standard InChI is InChI=1S/C33H25NO8/c35-32(39-18-28-16-37-28)24-5-3-22-14-26(9-7-20(22)12-24)41-30-2-1-11-34-31(30)42-27-10-8-21-13-25(6-4-23(21)15-27)33(36)40-19-29-17-38-29/h1-15,28-29H,16-19H2. The number of aromatic nitrogens is 1. The Morgan fingerprint density at radius 2 is 1.17 bits per heavy atom. The summed E-state index contributed by atoms with van der Waals surface area (Å²) in [5.74, 6) is 1.15. The fourth-order valence-electron chi connectivity index (χ4n) is 4.43. The molecule has 2 fully saturated rings. The Morgan fingerprint density at radius 1 is 0.667 bits per heavy atom. The number of hydrogen-bond donors (Lipinski definition) is 0. The number of nitrogens with zero attached hydrogens (tertiary/aromatic N) is 1. The van der Waals surface area contributed by atoms with Crippen molar-refractivity contribution >= 4 is 33.5 Å². The molecule has 9 heteroatoms. The van der Waals surface area contributed by atoms with Crippen molar-refractivity contribution in [3.8, 4) is 23.1 Å². The van der Waals surface area contributed by atoms with E-state index in [4.69, 9.17) is 28.4 Å². The number of rotatable bonds is 10. The van der Waals surface area contributed by atoms with E-state index < -0.39 is 0 Å². The quantitative estimate of drug-likeness (QED) is 0.147. The summed E-state index contributed by atoms with van der Waals surface area (Å²) in [5.41, 5.74) is 0.961. The van der Waals surface area contributed by atoms with Crippen LogP contribution in [0, 0.1) is 0 Å². The third-order valence-corrected chi connectivity index (χ3v) is 6.88. The molecule has 0 radical (unpaired) electrons. The maximum atomic E-state index is 12.3. The first-order valence-corrected chi connectivity index (χ1v) is 13.5. The topological polar surface area (TPSA) is 109 Å². The average Bonchev–Trinajstić information content (AvgIpc) is 3.95. The third kappa shape index (κ3) is 6.02. The van der Waals surface area contributed by atoms with Crippen LogP contribution in [0.25, 0.3) is 21.5 Å². The van der Waals surface area contributed by atoms with Crippen LogP contribution in [0.2, 0.25) is 0 Å². The van der Waals surface area contributed by atoms with E-state index in [9.17, 15) is 9.59 Å². The molecule has 0 bridgehead atoms. The summed E-state index contributed by atoms with van der Waals surface area (Å²) >= 11 is 0. The Balaban J connectivity index is 1.05. The number of epoxide rings is 2. The molecular formula is C33H25NO8. The van der Waals surface area contributed by atoms with E-state index in [2.05, 4.69) is 4.98 Å². The highest BCUT2D eigenvalue weighted by atomic mass is 16.6. The molecule has 5 aromatic rings. The van der Waals surface area contributed by atoms with Gasteiger partial charge in [-0.25, -0.2) is 14.6 Å². The Hall–Kier alpha value is -4.99. The van der Waals surface area contributed by atoms with Crippen LogP contribution in [0.3, 0.4) is 0 Å². The SMILES string of the molecule is O=C(OCC1CO1)c1ccc2cc(Oc3cccnc3Oc3ccc4cc(C(=O)OCC5CO5)ccc4c3)ccc2c1. The number of pyridine rings is 1. The number of ether oxygens (including phenoxy) is 6. The molecular weight excluding hydrogens is 538 g/mol. The van der Waals surface area contributed by atoms with Gasteiger partial charge in [-0.15, -0.1) is 0 Å². The van der Waals surface area contributed by atoms with Crippen LogP contribution in [-0.2, 0) is 18.9 Å². The first kappa shape index (κ1) is 25.9. The van der Waals surface area contributed by atoms with Crippen LogP contribution in [0.15, 0.2) is 91.1 Å². The van der Waals surface area contributed by atoms with Crippen LogP contribution in [0.5, 0.6) is 23.1 Å². The normalized spacial score (nSPS) is 17.0. The van der Waals surface area contributed by atoms with Crippen molar-refractivity contribution in [2.24, 2.45) is 0 Å². The molecule has 0 saturated carbocycles. The predicted molar refractivity (Wildman–Crippen MR) is 152 cm³/mol. The molecule has 3 heterocycles. The Labute approximate surface area is 240 Å². The van der Waals surface area contributed by atoms with Gasteiger partial charge in [0.1, 0.15) is 36.9 Å². The number of carbonyl (C=O) groups is 2. The van der Waals surface area contributed by atoms with Crippen molar-refractivity contribution in [1.82, 2.24) is 4.98 Å². The number of fused-ring (bicyclic) bond motifs is 2. The molecule has 210 valence electrons. The first-order chi connectivity index (χ1) is 20.6. The lowest BCUT2D eigenvalue weighted by molar-refractivity contribution is 0.0469. The van der Waals surface area contributed by atoms with Crippen molar-refractivity contribution < 1.29 is 38.0 Å². The molecule has 7 rings (SSSR count). The number of hydrogen-bond acceptors (Lipinski definition) is 9. The van der Waals surface area contributed by atoms with Crippen LogP contribution < -0.4 is 9.47 Å². The van der Waals surface area contributed by atoms with E-state index in [-0.39, 0.29) is 37.4 Å².